The molecular formula is C16H24N2O4S. The smallest absolute Gasteiger partial charge is 0.240 e. The molecule has 1 fully saturated rings. The van der Waals surface area contributed by atoms with Gasteiger partial charge in [0.25, 0.3) is 0 Å². The van der Waals surface area contributed by atoms with Gasteiger partial charge in [0, 0.05) is 24.6 Å². The van der Waals surface area contributed by atoms with Crippen molar-refractivity contribution in [2.45, 2.75) is 56.6 Å². The van der Waals surface area contributed by atoms with Gasteiger partial charge in [-0.1, -0.05) is 6.92 Å². The fourth-order valence-electron chi connectivity index (χ4n) is 3.15. The first-order chi connectivity index (χ1) is 10.7. The maximum atomic E-state index is 12.0. The van der Waals surface area contributed by atoms with Crippen LogP contribution in [0.25, 0.3) is 0 Å². The molecule has 1 heterocycles. The van der Waals surface area contributed by atoms with Gasteiger partial charge in [-0.3, -0.25) is 4.79 Å². The van der Waals surface area contributed by atoms with Crippen molar-refractivity contribution in [3.05, 3.63) is 23.8 Å². The van der Waals surface area contributed by atoms with E-state index in [-0.39, 0.29) is 16.7 Å². The number of carbonyl (C=O) groups is 1. The molecule has 2 atom stereocenters. The summed E-state index contributed by atoms with van der Waals surface area (Å²) in [4.78, 5) is 13.8. The third-order valence-electron chi connectivity index (χ3n) is 4.21. The number of aliphatic hydroxyl groups excluding tert-OH is 1. The standard InChI is InChI=1S/C16H24N2O4S/c1-3-15(20)12-6-7-14(16(10-12)23(17,21)22)18-8-4-5-13(18)9-11(2)19/h6-7,10-11,13,19H,3-5,8-9H2,1-2H3,(H2,17,21,22)/t11-,13+/m0/s1. The van der Waals surface area contributed by atoms with Gasteiger partial charge >= 0.3 is 0 Å². The Bertz CT molecular complexity index is 685. The SMILES string of the molecule is CCC(=O)c1ccc(N2CCC[C@@H]2C[C@H](C)O)c(S(N)(=O)=O)c1. The van der Waals surface area contributed by atoms with Crippen molar-refractivity contribution in [3.8, 4) is 0 Å². The van der Waals surface area contributed by atoms with Gasteiger partial charge in [0.1, 0.15) is 4.90 Å². The summed E-state index contributed by atoms with van der Waals surface area (Å²) in [7, 11) is -3.94. The van der Waals surface area contributed by atoms with Gasteiger partial charge in [-0.25, -0.2) is 13.6 Å². The van der Waals surface area contributed by atoms with E-state index in [1.54, 1.807) is 26.0 Å². The van der Waals surface area contributed by atoms with E-state index in [0.29, 0.717) is 30.6 Å². The number of benzene rings is 1. The first-order valence-electron chi connectivity index (χ1n) is 7.88. The summed E-state index contributed by atoms with van der Waals surface area (Å²) in [5.74, 6) is -0.122. The molecule has 0 spiro atoms. The fraction of sp³-hybridized carbons (Fsp3) is 0.562. The number of rotatable bonds is 6. The van der Waals surface area contributed by atoms with Crippen molar-refractivity contribution in [2.75, 3.05) is 11.4 Å². The molecule has 0 amide bonds. The number of nitrogens with zero attached hydrogens (tertiary/aromatic N) is 1. The van der Waals surface area contributed by atoms with E-state index >= 15 is 0 Å². The highest BCUT2D eigenvalue weighted by Crippen LogP contribution is 2.33. The Kier molecular flexibility index (Phi) is 5.44. The molecule has 1 aromatic carbocycles. The molecule has 0 saturated carbocycles. The quantitative estimate of drug-likeness (QED) is 0.767. The molecule has 0 unspecified atom stereocenters. The molecule has 7 heteroatoms. The molecular weight excluding hydrogens is 316 g/mol. The Hall–Kier alpha value is -1.44. The Labute approximate surface area is 137 Å². The molecule has 3 N–H and O–H groups in total. The Morgan fingerprint density at radius 1 is 1.48 bits per heavy atom. The lowest BCUT2D eigenvalue weighted by atomic mass is 10.1. The van der Waals surface area contributed by atoms with Crippen LogP contribution in [0.1, 0.15) is 49.9 Å². The molecule has 0 aromatic heterocycles. The van der Waals surface area contributed by atoms with Crippen LogP contribution < -0.4 is 10.0 Å². The molecule has 0 bridgehead atoms. The van der Waals surface area contributed by atoms with Crippen LogP contribution in [0.5, 0.6) is 0 Å². The highest BCUT2D eigenvalue weighted by Gasteiger charge is 2.30. The lowest BCUT2D eigenvalue weighted by Gasteiger charge is -2.29. The van der Waals surface area contributed by atoms with Crippen LogP contribution in [-0.2, 0) is 10.0 Å². The maximum Gasteiger partial charge on any atom is 0.240 e. The zero-order valence-electron chi connectivity index (χ0n) is 13.5. The van der Waals surface area contributed by atoms with Crippen LogP contribution >= 0.6 is 0 Å². The van der Waals surface area contributed by atoms with Crippen molar-refractivity contribution < 1.29 is 18.3 Å². The van der Waals surface area contributed by atoms with Crippen molar-refractivity contribution >= 4 is 21.5 Å². The second-order valence-electron chi connectivity index (χ2n) is 6.08. The number of anilines is 1. The van der Waals surface area contributed by atoms with Crippen LogP contribution in [0.3, 0.4) is 0 Å². The van der Waals surface area contributed by atoms with E-state index in [9.17, 15) is 18.3 Å². The topological polar surface area (TPSA) is 101 Å². The number of carbonyl (C=O) groups excluding carboxylic acids is 1. The van der Waals surface area contributed by atoms with Crippen molar-refractivity contribution in [2.24, 2.45) is 5.14 Å². The number of Topliss-reactive ketones (excluding diaryl/α,β-unsaturated/α-hetero) is 1. The van der Waals surface area contributed by atoms with Crippen molar-refractivity contribution in [3.63, 3.8) is 0 Å². The molecule has 1 aromatic rings. The monoisotopic (exact) mass is 340 g/mol. The van der Waals surface area contributed by atoms with Gasteiger partial charge in [0.05, 0.1) is 11.8 Å². The van der Waals surface area contributed by atoms with Crippen molar-refractivity contribution in [1.29, 1.82) is 0 Å². The molecule has 128 valence electrons. The minimum atomic E-state index is -3.94. The summed E-state index contributed by atoms with van der Waals surface area (Å²) in [5, 5.41) is 15.0. The van der Waals surface area contributed by atoms with Crippen LogP contribution in [0.2, 0.25) is 0 Å². The molecule has 0 radical (unpaired) electrons. The van der Waals surface area contributed by atoms with Crippen molar-refractivity contribution in [1.82, 2.24) is 0 Å². The predicted molar refractivity (Wildman–Crippen MR) is 89.1 cm³/mol. The number of aliphatic hydroxyl groups is 1. The Balaban J connectivity index is 2.47. The number of nitrogens with two attached hydrogens (primary N) is 1. The van der Waals surface area contributed by atoms with E-state index in [4.69, 9.17) is 5.14 Å². The molecule has 23 heavy (non-hydrogen) atoms. The summed E-state index contributed by atoms with van der Waals surface area (Å²) >= 11 is 0. The maximum absolute atomic E-state index is 12.0. The number of hydrogen-bond acceptors (Lipinski definition) is 5. The third kappa shape index (κ3) is 4.10. The van der Waals surface area contributed by atoms with Crippen LogP contribution in [0.15, 0.2) is 23.1 Å². The van der Waals surface area contributed by atoms with Gasteiger partial charge < -0.3 is 10.0 Å². The van der Waals surface area contributed by atoms with Crippen LogP contribution in [-0.4, -0.2) is 38.0 Å². The van der Waals surface area contributed by atoms with Gasteiger partial charge in [-0.05, 0) is 44.4 Å². The van der Waals surface area contributed by atoms with Gasteiger partial charge in [-0.15, -0.1) is 0 Å². The normalized spacial score (nSPS) is 19.8. The lowest BCUT2D eigenvalue weighted by Crippen LogP contribution is -2.33. The minimum Gasteiger partial charge on any atom is -0.393 e. The summed E-state index contributed by atoms with van der Waals surface area (Å²) in [6.07, 6.45) is 2.23. The summed E-state index contributed by atoms with van der Waals surface area (Å²) in [6, 6.07) is 4.74. The van der Waals surface area contributed by atoms with E-state index in [2.05, 4.69) is 0 Å². The Morgan fingerprint density at radius 2 is 2.17 bits per heavy atom. The average molecular weight is 340 g/mol. The summed E-state index contributed by atoms with van der Waals surface area (Å²) < 4.78 is 24.0. The van der Waals surface area contributed by atoms with Crippen LogP contribution in [0, 0.1) is 0 Å². The number of hydrogen-bond donors (Lipinski definition) is 2. The molecule has 2 rings (SSSR count). The van der Waals surface area contributed by atoms with E-state index < -0.39 is 16.1 Å². The third-order valence-corrected chi connectivity index (χ3v) is 5.15. The average Bonchev–Trinajstić information content (AvgIpc) is 2.92. The largest absolute Gasteiger partial charge is 0.393 e. The van der Waals surface area contributed by atoms with Crippen LogP contribution in [0.4, 0.5) is 5.69 Å². The molecule has 1 saturated heterocycles. The highest BCUT2D eigenvalue weighted by atomic mass is 32.2. The zero-order valence-corrected chi connectivity index (χ0v) is 14.3. The number of sulfonamides is 1. The number of primary sulfonamides is 1. The summed E-state index contributed by atoms with van der Waals surface area (Å²) in [6.45, 7) is 4.16. The second-order valence-corrected chi connectivity index (χ2v) is 7.61. The van der Waals surface area contributed by atoms with E-state index in [1.807, 2.05) is 4.90 Å². The molecule has 1 aliphatic heterocycles. The molecule has 1 aliphatic rings. The zero-order chi connectivity index (χ0) is 17.2. The van der Waals surface area contributed by atoms with Gasteiger partial charge in [0.2, 0.25) is 10.0 Å². The number of ketones is 1. The van der Waals surface area contributed by atoms with E-state index in [0.717, 1.165) is 12.8 Å². The summed E-state index contributed by atoms with van der Waals surface area (Å²) in [5.41, 5.74) is 0.870. The minimum absolute atomic E-state index is 0.0192. The molecule has 0 aliphatic carbocycles. The Morgan fingerprint density at radius 3 is 2.74 bits per heavy atom. The molecule has 6 nitrogen and oxygen atoms in total. The predicted octanol–water partition coefficient (Wildman–Crippen LogP) is 1.67. The first kappa shape index (κ1) is 17.9. The first-order valence-corrected chi connectivity index (χ1v) is 9.43. The second kappa shape index (κ2) is 6.98. The van der Waals surface area contributed by atoms with E-state index in [1.165, 1.54) is 6.07 Å². The van der Waals surface area contributed by atoms with Gasteiger partial charge in [0.15, 0.2) is 5.78 Å². The highest BCUT2D eigenvalue weighted by molar-refractivity contribution is 7.89. The fourth-order valence-corrected chi connectivity index (χ4v) is 3.92. The van der Waals surface area contributed by atoms with Gasteiger partial charge in [-0.2, -0.15) is 0 Å². The lowest BCUT2D eigenvalue weighted by molar-refractivity contribution is 0.0988.